The Labute approximate surface area is 82.7 Å². The SMILES string of the molecule is N[C@H](c1ccc2occc2c1)C1CC1. The topological polar surface area (TPSA) is 39.2 Å². The first-order chi connectivity index (χ1) is 6.84. The minimum Gasteiger partial charge on any atom is -0.464 e. The van der Waals surface area contributed by atoms with Gasteiger partial charge in [0.05, 0.1) is 6.26 Å². The van der Waals surface area contributed by atoms with Gasteiger partial charge in [0, 0.05) is 11.4 Å². The molecule has 0 unspecified atom stereocenters. The Bertz CT molecular complexity index is 456. The molecule has 1 aromatic heterocycles. The Hall–Kier alpha value is -1.28. The molecule has 3 rings (SSSR count). The molecule has 1 aromatic carbocycles. The summed E-state index contributed by atoms with van der Waals surface area (Å²) < 4.78 is 5.29. The Morgan fingerprint density at radius 3 is 2.93 bits per heavy atom. The fourth-order valence-electron chi connectivity index (χ4n) is 1.92. The molecule has 0 radical (unpaired) electrons. The number of nitrogens with two attached hydrogens (primary N) is 1. The van der Waals surface area contributed by atoms with Crippen molar-refractivity contribution in [2.24, 2.45) is 11.7 Å². The molecule has 1 fully saturated rings. The van der Waals surface area contributed by atoms with Crippen molar-refractivity contribution in [2.45, 2.75) is 18.9 Å². The molecule has 72 valence electrons. The van der Waals surface area contributed by atoms with E-state index in [0.717, 1.165) is 11.0 Å². The van der Waals surface area contributed by atoms with Crippen molar-refractivity contribution in [3.8, 4) is 0 Å². The summed E-state index contributed by atoms with van der Waals surface area (Å²) in [6.45, 7) is 0. The molecule has 0 amide bonds. The standard InChI is InChI=1S/C12H13NO/c13-12(8-1-2-8)10-3-4-11-9(7-10)5-6-14-11/h3-8,12H,1-2,13H2/t12-/m0/s1. The summed E-state index contributed by atoms with van der Waals surface area (Å²) in [5.74, 6) is 0.708. The molecular formula is C12H13NO. The number of hydrogen-bond donors (Lipinski definition) is 1. The number of benzene rings is 1. The molecule has 1 aliphatic rings. The van der Waals surface area contributed by atoms with Gasteiger partial charge in [0.1, 0.15) is 5.58 Å². The fourth-order valence-corrected chi connectivity index (χ4v) is 1.92. The maximum atomic E-state index is 6.13. The maximum Gasteiger partial charge on any atom is 0.133 e. The van der Waals surface area contributed by atoms with Gasteiger partial charge in [-0.3, -0.25) is 0 Å². The van der Waals surface area contributed by atoms with Gasteiger partial charge < -0.3 is 10.2 Å². The zero-order valence-electron chi connectivity index (χ0n) is 7.94. The van der Waals surface area contributed by atoms with Crippen LogP contribution in [0.2, 0.25) is 0 Å². The van der Waals surface area contributed by atoms with Crippen molar-refractivity contribution in [1.29, 1.82) is 0 Å². The van der Waals surface area contributed by atoms with Gasteiger partial charge in [0.2, 0.25) is 0 Å². The number of hydrogen-bond acceptors (Lipinski definition) is 2. The third-order valence-corrected chi connectivity index (χ3v) is 2.99. The van der Waals surface area contributed by atoms with E-state index >= 15 is 0 Å². The molecule has 14 heavy (non-hydrogen) atoms. The fraction of sp³-hybridized carbons (Fsp3) is 0.333. The van der Waals surface area contributed by atoms with E-state index in [4.69, 9.17) is 10.2 Å². The summed E-state index contributed by atoms with van der Waals surface area (Å²) in [4.78, 5) is 0. The lowest BCUT2D eigenvalue weighted by molar-refractivity contribution is 0.613. The predicted molar refractivity (Wildman–Crippen MR) is 55.9 cm³/mol. The van der Waals surface area contributed by atoms with Gasteiger partial charge >= 0.3 is 0 Å². The van der Waals surface area contributed by atoms with Crippen molar-refractivity contribution in [1.82, 2.24) is 0 Å². The summed E-state index contributed by atoms with van der Waals surface area (Å²) in [7, 11) is 0. The molecule has 0 spiro atoms. The van der Waals surface area contributed by atoms with Crippen molar-refractivity contribution in [3.05, 3.63) is 36.1 Å². The van der Waals surface area contributed by atoms with Gasteiger partial charge in [-0.05, 0) is 42.5 Å². The predicted octanol–water partition coefficient (Wildman–Crippen LogP) is 2.84. The van der Waals surface area contributed by atoms with Crippen LogP contribution in [0.15, 0.2) is 34.9 Å². The van der Waals surface area contributed by atoms with Gasteiger partial charge in [-0.15, -0.1) is 0 Å². The van der Waals surface area contributed by atoms with Crippen LogP contribution < -0.4 is 5.73 Å². The third-order valence-electron chi connectivity index (χ3n) is 2.99. The molecule has 0 saturated heterocycles. The summed E-state index contributed by atoms with van der Waals surface area (Å²) >= 11 is 0. The lowest BCUT2D eigenvalue weighted by atomic mass is 10.0. The minimum absolute atomic E-state index is 0.217. The molecule has 0 aliphatic heterocycles. The van der Waals surface area contributed by atoms with E-state index in [9.17, 15) is 0 Å². The lowest BCUT2D eigenvalue weighted by Crippen LogP contribution is -2.11. The van der Waals surface area contributed by atoms with Crippen LogP contribution in [0.25, 0.3) is 11.0 Å². The van der Waals surface area contributed by atoms with Crippen LogP contribution >= 0.6 is 0 Å². The van der Waals surface area contributed by atoms with Crippen LogP contribution in [0.5, 0.6) is 0 Å². The molecule has 2 nitrogen and oxygen atoms in total. The Morgan fingerprint density at radius 1 is 1.29 bits per heavy atom. The highest BCUT2D eigenvalue weighted by molar-refractivity contribution is 5.77. The van der Waals surface area contributed by atoms with Gasteiger partial charge in [-0.1, -0.05) is 6.07 Å². The Kier molecular flexibility index (Phi) is 1.64. The average Bonchev–Trinajstić information content (AvgIpc) is 2.95. The van der Waals surface area contributed by atoms with E-state index in [2.05, 4.69) is 12.1 Å². The van der Waals surface area contributed by atoms with Crippen LogP contribution in [0.1, 0.15) is 24.4 Å². The van der Waals surface area contributed by atoms with E-state index in [1.54, 1.807) is 6.26 Å². The number of rotatable bonds is 2. The first kappa shape index (κ1) is 8.06. The van der Waals surface area contributed by atoms with Crippen molar-refractivity contribution in [3.63, 3.8) is 0 Å². The van der Waals surface area contributed by atoms with E-state index < -0.39 is 0 Å². The highest BCUT2D eigenvalue weighted by Gasteiger charge is 2.29. The minimum atomic E-state index is 0.217. The highest BCUT2D eigenvalue weighted by Crippen LogP contribution is 2.39. The van der Waals surface area contributed by atoms with Gasteiger partial charge in [0.15, 0.2) is 0 Å². The second kappa shape index (κ2) is 2.85. The number of furan rings is 1. The molecule has 2 N–H and O–H groups in total. The van der Waals surface area contributed by atoms with Crippen LogP contribution in [0.4, 0.5) is 0 Å². The van der Waals surface area contributed by atoms with Crippen molar-refractivity contribution < 1.29 is 4.42 Å². The average molecular weight is 187 g/mol. The monoisotopic (exact) mass is 187 g/mol. The van der Waals surface area contributed by atoms with Crippen LogP contribution in [0.3, 0.4) is 0 Å². The second-order valence-corrected chi connectivity index (χ2v) is 4.08. The molecule has 2 aromatic rings. The normalized spacial score (nSPS) is 18.6. The second-order valence-electron chi connectivity index (χ2n) is 4.08. The largest absolute Gasteiger partial charge is 0.464 e. The highest BCUT2D eigenvalue weighted by atomic mass is 16.3. The first-order valence-corrected chi connectivity index (χ1v) is 5.07. The third kappa shape index (κ3) is 1.23. The van der Waals surface area contributed by atoms with E-state index in [1.807, 2.05) is 12.1 Å². The van der Waals surface area contributed by atoms with E-state index in [1.165, 1.54) is 18.4 Å². The summed E-state index contributed by atoms with van der Waals surface area (Å²) in [6.07, 6.45) is 4.28. The molecule has 1 atom stereocenters. The van der Waals surface area contributed by atoms with Gasteiger partial charge in [-0.2, -0.15) is 0 Å². The number of fused-ring (bicyclic) bond motifs is 1. The van der Waals surface area contributed by atoms with Crippen molar-refractivity contribution >= 4 is 11.0 Å². The van der Waals surface area contributed by atoms with Crippen LogP contribution in [-0.2, 0) is 0 Å². The van der Waals surface area contributed by atoms with E-state index in [0.29, 0.717) is 5.92 Å². The Balaban J connectivity index is 2.03. The maximum absolute atomic E-state index is 6.13. The molecular weight excluding hydrogens is 174 g/mol. The quantitative estimate of drug-likeness (QED) is 0.785. The Morgan fingerprint density at radius 2 is 2.14 bits per heavy atom. The molecule has 1 saturated carbocycles. The van der Waals surface area contributed by atoms with Crippen LogP contribution in [-0.4, -0.2) is 0 Å². The summed E-state index contributed by atoms with van der Waals surface area (Å²) in [5.41, 5.74) is 8.31. The smallest absolute Gasteiger partial charge is 0.133 e. The van der Waals surface area contributed by atoms with Gasteiger partial charge in [0.25, 0.3) is 0 Å². The zero-order valence-corrected chi connectivity index (χ0v) is 7.94. The van der Waals surface area contributed by atoms with Gasteiger partial charge in [-0.25, -0.2) is 0 Å². The first-order valence-electron chi connectivity index (χ1n) is 5.07. The summed E-state index contributed by atoms with van der Waals surface area (Å²) in [5, 5.41) is 1.15. The molecule has 1 aliphatic carbocycles. The van der Waals surface area contributed by atoms with Crippen molar-refractivity contribution in [2.75, 3.05) is 0 Å². The lowest BCUT2D eigenvalue weighted by Gasteiger charge is -2.09. The molecule has 1 heterocycles. The van der Waals surface area contributed by atoms with Crippen LogP contribution in [0, 0.1) is 5.92 Å². The molecule has 2 heteroatoms. The zero-order chi connectivity index (χ0) is 9.54. The van der Waals surface area contributed by atoms with E-state index in [-0.39, 0.29) is 6.04 Å². The molecule has 0 bridgehead atoms. The summed E-state index contributed by atoms with van der Waals surface area (Å²) in [6, 6.07) is 8.43.